The molecule has 114 valence electrons. The van der Waals surface area contributed by atoms with Crippen LogP contribution < -0.4 is 10.1 Å². The van der Waals surface area contributed by atoms with E-state index < -0.39 is 0 Å². The molecule has 1 aromatic carbocycles. The Hall–Kier alpha value is -1.85. The van der Waals surface area contributed by atoms with Crippen LogP contribution in [0.5, 0.6) is 17.2 Å². The molecule has 22 heavy (non-hydrogen) atoms. The monoisotopic (exact) mass is 360 g/mol. The molecule has 1 unspecified atom stereocenters. The SMILES string of the molecule is Oc1ccc(Oc2cncc(C=C(Br)C3CCCN3)c2)cc1. The van der Waals surface area contributed by atoms with Gasteiger partial charge >= 0.3 is 0 Å². The summed E-state index contributed by atoms with van der Waals surface area (Å²) in [4.78, 5) is 4.22. The highest BCUT2D eigenvalue weighted by Crippen LogP contribution is 2.26. The number of phenols is 1. The molecule has 0 spiro atoms. The van der Waals surface area contributed by atoms with Crippen LogP contribution in [0.4, 0.5) is 0 Å². The summed E-state index contributed by atoms with van der Waals surface area (Å²) in [6.07, 6.45) is 7.90. The topological polar surface area (TPSA) is 54.4 Å². The van der Waals surface area contributed by atoms with E-state index in [0.717, 1.165) is 23.0 Å². The van der Waals surface area contributed by atoms with Crippen LogP contribution >= 0.6 is 15.9 Å². The van der Waals surface area contributed by atoms with Gasteiger partial charge in [-0.15, -0.1) is 0 Å². The number of benzene rings is 1. The molecular formula is C17H17BrN2O2. The number of hydrogen-bond acceptors (Lipinski definition) is 4. The van der Waals surface area contributed by atoms with Gasteiger partial charge in [-0.2, -0.15) is 0 Å². The number of ether oxygens (including phenoxy) is 1. The minimum Gasteiger partial charge on any atom is -0.508 e. The normalized spacial score (nSPS) is 18.4. The highest BCUT2D eigenvalue weighted by atomic mass is 79.9. The summed E-state index contributed by atoms with van der Waals surface area (Å²) in [5.74, 6) is 1.55. The summed E-state index contributed by atoms with van der Waals surface area (Å²) >= 11 is 3.64. The third kappa shape index (κ3) is 3.87. The number of pyridine rings is 1. The number of aromatic nitrogens is 1. The van der Waals surface area contributed by atoms with E-state index in [2.05, 4.69) is 32.3 Å². The quantitative estimate of drug-likeness (QED) is 0.862. The molecule has 0 radical (unpaired) electrons. The molecule has 0 bridgehead atoms. The second kappa shape index (κ2) is 6.94. The Morgan fingerprint density at radius 2 is 2.09 bits per heavy atom. The first-order chi connectivity index (χ1) is 10.7. The summed E-state index contributed by atoms with van der Waals surface area (Å²) in [6, 6.07) is 8.95. The predicted octanol–water partition coefficient (Wildman–Crippen LogP) is 4.07. The van der Waals surface area contributed by atoms with Crippen molar-refractivity contribution in [2.75, 3.05) is 6.54 Å². The van der Waals surface area contributed by atoms with E-state index in [1.807, 2.05) is 6.07 Å². The fourth-order valence-corrected chi connectivity index (χ4v) is 3.06. The van der Waals surface area contributed by atoms with Gasteiger partial charge in [0.1, 0.15) is 17.2 Å². The van der Waals surface area contributed by atoms with Crippen LogP contribution in [0.25, 0.3) is 6.08 Å². The van der Waals surface area contributed by atoms with Gasteiger partial charge in [-0.1, -0.05) is 15.9 Å². The van der Waals surface area contributed by atoms with Gasteiger partial charge in [0.05, 0.1) is 6.20 Å². The summed E-state index contributed by atoms with van der Waals surface area (Å²) in [7, 11) is 0. The maximum Gasteiger partial charge on any atom is 0.146 e. The summed E-state index contributed by atoms with van der Waals surface area (Å²) in [5.41, 5.74) is 0.983. The first-order valence-corrected chi connectivity index (χ1v) is 8.02. The van der Waals surface area contributed by atoms with E-state index in [0.29, 0.717) is 17.5 Å². The molecule has 0 amide bonds. The first-order valence-electron chi connectivity index (χ1n) is 7.23. The Balaban J connectivity index is 1.74. The second-order valence-corrected chi connectivity index (χ2v) is 6.14. The Morgan fingerprint density at radius 1 is 1.27 bits per heavy atom. The Labute approximate surface area is 138 Å². The fraction of sp³-hybridized carbons (Fsp3) is 0.235. The molecule has 4 nitrogen and oxygen atoms in total. The second-order valence-electron chi connectivity index (χ2n) is 5.23. The van der Waals surface area contributed by atoms with Crippen molar-refractivity contribution in [2.24, 2.45) is 0 Å². The molecule has 1 atom stereocenters. The zero-order chi connectivity index (χ0) is 15.4. The van der Waals surface area contributed by atoms with E-state index in [1.165, 1.54) is 6.42 Å². The third-order valence-electron chi connectivity index (χ3n) is 3.50. The molecule has 0 saturated carbocycles. The van der Waals surface area contributed by atoms with E-state index in [4.69, 9.17) is 4.74 Å². The van der Waals surface area contributed by atoms with Crippen molar-refractivity contribution in [3.05, 3.63) is 52.8 Å². The van der Waals surface area contributed by atoms with E-state index in [9.17, 15) is 5.11 Å². The minimum absolute atomic E-state index is 0.218. The van der Waals surface area contributed by atoms with E-state index >= 15 is 0 Å². The highest BCUT2D eigenvalue weighted by Gasteiger charge is 2.16. The molecule has 5 heteroatoms. The Morgan fingerprint density at radius 3 is 2.82 bits per heavy atom. The van der Waals surface area contributed by atoms with Crippen LogP contribution in [0.2, 0.25) is 0 Å². The zero-order valence-corrected chi connectivity index (χ0v) is 13.6. The number of halogens is 1. The van der Waals surface area contributed by atoms with E-state index in [1.54, 1.807) is 36.7 Å². The van der Waals surface area contributed by atoms with Gasteiger partial charge in [-0.05, 0) is 61.4 Å². The van der Waals surface area contributed by atoms with Crippen molar-refractivity contribution in [1.29, 1.82) is 0 Å². The number of hydrogen-bond donors (Lipinski definition) is 2. The van der Waals surface area contributed by atoms with Crippen LogP contribution in [0.3, 0.4) is 0 Å². The number of nitrogens with one attached hydrogen (secondary N) is 1. The van der Waals surface area contributed by atoms with Gasteiger partial charge < -0.3 is 15.2 Å². The smallest absolute Gasteiger partial charge is 0.146 e. The molecule has 2 aromatic rings. The molecule has 0 aliphatic carbocycles. The standard InChI is InChI=1S/C17H17BrN2O2/c18-16(17-2-1-7-20-17)9-12-8-15(11-19-10-12)22-14-5-3-13(21)4-6-14/h3-6,8-11,17,20-21H,1-2,7H2. The van der Waals surface area contributed by atoms with Gasteiger partial charge in [0.2, 0.25) is 0 Å². The molecular weight excluding hydrogens is 344 g/mol. The average Bonchev–Trinajstić information content (AvgIpc) is 3.04. The molecule has 1 aliphatic heterocycles. The van der Waals surface area contributed by atoms with E-state index in [-0.39, 0.29) is 5.75 Å². The predicted molar refractivity (Wildman–Crippen MR) is 90.3 cm³/mol. The van der Waals surface area contributed by atoms with Gasteiger partial charge in [0, 0.05) is 16.7 Å². The lowest BCUT2D eigenvalue weighted by atomic mass is 10.1. The summed E-state index contributed by atoms with van der Waals surface area (Å²) in [6.45, 7) is 1.07. The fourth-order valence-electron chi connectivity index (χ4n) is 2.40. The first kappa shape index (κ1) is 15.1. The largest absolute Gasteiger partial charge is 0.508 e. The Kier molecular flexibility index (Phi) is 4.75. The minimum atomic E-state index is 0.218. The van der Waals surface area contributed by atoms with Gasteiger partial charge in [0.15, 0.2) is 0 Å². The van der Waals surface area contributed by atoms with Crippen LogP contribution in [-0.4, -0.2) is 22.7 Å². The maximum atomic E-state index is 9.28. The van der Waals surface area contributed by atoms with Crippen LogP contribution in [0.1, 0.15) is 18.4 Å². The maximum absolute atomic E-state index is 9.28. The van der Waals surface area contributed by atoms with Crippen molar-refractivity contribution < 1.29 is 9.84 Å². The molecule has 1 fully saturated rings. The number of aromatic hydroxyl groups is 1. The highest BCUT2D eigenvalue weighted by molar-refractivity contribution is 9.11. The van der Waals surface area contributed by atoms with Crippen LogP contribution in [-0.2, 0) is 0 Å². The molecule has 2 heterocycles. The number of nitrogens with zero attached hydrogens (tertiary/aromatic N) is 1. The molecule has 1 saturated heterocycles. The van der Waals surface area contributed by atoms with Crippen molar-refractivity contribution in [3.8, 4) is 17.2 Å². The summed E-state index contributed by atoms with van der Waals surface area (Å²) in [5, 5.41) is 12.7. The van der Waals surface area contributed by atoms with Gasteiger partial charge in [-0.25, -0.2) is 0 Å². The molecule has 2 N–H and O–H groups in total. The Bertz CT molecular complexity index is 665. The molecule has 3 rings (SSSR count). The lowest BCUT2D eigenvalue weighted by Crippen LogP contribution is -2.20. The third-order valence-corrected chi connectivity index (χ3v) is 4.29. The van der Waals surface area contributed by atoms with Crippen LogP contribution in [0, 0.1) is 0 Å². The molecule has 1 aromatic heterocycles. The number of phenolic OH excluding ortho intramolecular Hbond substituents is 1. The lowest BCUT2D eigenvalue weighted by molar-refractivity contribution is 0.463. The zero-order valence-electron chi connectivity index (χ0n) is 12.0. The van der Waals surface area contributed by atoms with Gasteiger partial charge in [-0.3, -0.25) is 4.98 Å². The van der Waals surface area contributed by atoms with Crippen molar-refractivity contribution in [1.82, 2.24) is 10.3 Å². The number of rotatable bonds is 4. The summed E-state index contributed by atoms with van der Waals surface area (Å²) < 4.78 is 6.88. The lowest BCUT2D eigenvalue weighted by Gasteiger charge is -2.09. The average molecular weight is 361 g/mol. The van der Waals surface area contributed by atoms with Crippen molar-refractivity contribution in [3.63, 3.8) is 0 Å². The van der Waals surface area contributed by atoms with Gasteiger partial charge in [0.25, 0.3) is 0 Å². The molecule has 1 aliphatic rings. The van der Waals surface area contributed by atoms with Crippen LogP contribution in [0.15, 0.2) is 47.2 Å². The van der Waals surface area contributed by atoms with Crippen molar-refractivity contribution >= 4 is 22.0 Å². The van der Waals surface area contributed by atoms with Crippen molar-refractivity contribution in [2.45, 2.75) is 18.9 Å².